The molecule has 1 aromatic carbocycles. The number of anilines is 2. The van der Waals surface area contributed by atoms with Gasteiger partial charge in [-0.3, -0.25) is 10.1 Å². The molecule has 5 nitrogen and oxygen atoms in total. The zero-order valence-corrected chi connectivity index (χ0v) is 10.6. The summed E-state index contributed by atoms with van der Waals surface area (Å²) in [6, 6.07) is 2.91. The van der Waals surface area contributed by atoms with E-state index < -0.39 is 6.09 Å². The Morgan fingerprint density at radius 3 is 2.12 bits per heavy atom. The van der Waals surface area contributed by atoms with Crippen LogP contribution in [-0.2, 0) is 9.53 Å². The van der Waals surface area contributed by atoms with Crippen molar-refractivity contribution in [2.45, 2.75) is 6.92 Å². The molecule has 0 aromatic heterocycles. The van der Waals surface area contributed by atoms with Crippen LogP contribution in [0.5, 0.6) is 0 Å². The molecule has 17 heavy (non-hydrogen) atoms. The maximum atomic E-state index is 11.0. The van der Waals surface area contributed by atoms with Crippen LogP contribution in [0, 0.1) is 0 Å². The molecule has 7 heteroatoms. The summed E-state index contributed by atoms with van der Waals surface area (Å²) in [5.41, 5.74) is 0.678. The summed E-state index contributed by atoms with van der Waals surface area (Å²) in [4.78, 5) is 21.9. The Labute approximate surface area is 108 Å². The van der Waals surface area contributed by atoms with Crippen LogP contribution >= 0.6 is 23.2 Å². The average Bonchev–Trinajstić information content (AvgIpc) is 2.23. The molecule has 1 rings (SSSR count). The van der Waals surface area contributed by atoms with Crippen LogP contribution in [0.4, 0.5) is 16.2 Å². The van der Waals surface area contributed by atoms with Crippen molar-refractivity contribution in [2.75, 3.05) is 17.7 Å². The van der Waals surface area contributed by atoms with E-state index in [0.29, 0.717) is 11.4 Å². The second kappa shape index (κ2) is 5.75. The number of hydrogen-bond acceptors (Lipinski definition) is 3. The number of nitrogens with one attached hydrogen (secondary N) is 2. The van der Waals surface area contributed by atoms with Crippen LogP contribution in [0.25, 0.3) is 0 Å². The molecule has 0 bridgehead atoms. The minimum absolute atomic E-state index is 0.221. The predicted molar refractivity (Wildman–Crippen MR) is 66.8 cm³/mol. The second-order valence-corrected chi connectivity index (χ2v) is 3.93. The first kappa shape index (κ1) is 13.6. The molecule has 92 valence electrons. The van der Waals surface area contributed by atoms with Crippen molar-refractivity contribution in [3.8, 4) is 0 Å². The number of carbonyl (C=O) groups is 2. The molecule has 0 aliphatic heterocycles. The summed E-state index contributed by atoms with van der Waals surface area (Å²) in [6.45, 7) is 1.34. The molecule has 0 aliphatic rings. The third-order valence-electron chi connectivity index (χ3n) is 1.77. The number of rotatable bonds is 2. The highest BCUT2D eigenvalue weighted by atomic mass is 35.5. The third kappa shape index (κ3) is 3.80. The van der Waals surface area contributed by atoms with Gasteiger partial charge in [-0.15, -0.1) is 0 Å². The van der Waals surface area contributed by atoms with Crippen LogP contribution in [0.1, 0.15) is 6.92 Å². The molecule has 0 atom stereocenters. The molecular weight excluding hydrogens is 267 g/mol. The van der Waals surface area contributed by atoms with Crippen molar-refractivity contribution in [3.05, 3.63) is 22.2 Å². The third-order valence-corrected chi connectivity index (χ3v) is 2.37. The van der Waals surface area contributed by atoms with Crippen LogP contribution in [0.15, 0.2) is 12.1 Å². The fourth-order valence-corrected chi connectivity index (χ4v) is 1.69. The first-order valence-corrected chi connectivity index (χ1v) is 5.31. The molecule has 0 radical (unpaired) electrons. The van der Waals surface area contributed by atoms with E-state index in [1.54, 1.807) is 0 Å². The van der Waals surface area contributed by atoms with Gasteiger partial charge >= 0.3 is 6.09 Å². The first-order chi connectivity index (χ1) is 7.93. The number of carbonyl (C=O) groups excluding carboxylic acids is 2. The highest BCUT2D eigenvalue weighted by Gasteiger charge is 2.11. The highest BCUT2D eigenvalue weighted by molar-refractivity contribution is 6.40. The van der Waals surface area contributed by atoms with E-state index in [1.165, 1.54) is 26.2 Å². The highest BCUT2D eigenvalue weighted by Crippen LogP contribution is 2.33. The topological polar surface area (TPSA) is 67.4 Å². The van der Waals surface area contributed by atoms with Gasteiger partial charge in [-0.05, 0) is 12.1 Å². The summed E-state index contributed by atoms with van der Waals surface area (Å²) >= 11 is 11.8. The van der Waals surface area contributed by atoms with E-state index in [4.69, 9.17) is 23.2 Å². The molecular formula is C10H10Cl2N2O3. The lowest BCUT2D eigenvalue weighted by Gasteiger charge is -2.10. The minimum Gasteiger partial charge on any atom is -0.453 e. The molecule has 0 spiro atoms. The van der Waals surface area contributed by atoms with Gasteiger partial charge in [0.15, 0.2) is 0 Å². The van der Waals surface area contributed by atoms with Gasteiger partial charge in [0.1, 0.15) is 0 Å². The Bertz CT molecular complexity index is 440. The van der Waals surface area contributed by atoms with Crippen molar-refractivity contribution in [2.24, 2.45) is 0 Å². The molecule has 1 aromatic rings. The fourth-order valence-electron chi connectivity index (χ4n) is 1.11. The Kier molecular flexibility index (Phi) is 4.60. The summed E-state index contributed by atoms with van der Waals surface area (Å²) in [7, 11) is 1.24. The zero-order chi connectivity index (χ0) is 13.0. The summed E-state index contributed by atoms with van der Waals surface area (Å²) in [5, 5.41) is 5.34. The van der Waals surface area contributed by atoms with E-state index in [0.717, 1.165) is 0 Å². The first-order valence-electron chi connectivity index (χ1n) is 4.55. The zero-order valence-electron chi connectivity index (χ0n) is 9.14. The van der Waals surface area contributed by atoms with E-state index in [-0.39, 0.29) is 16.0 Å². The van der Waals surface area contributed by atoms with Crippen LogP contribution in [-0.4, -0.2) is 19.1 Å². The monoisotopic (exact) mass is 276 g/mol. The fraction of sp³-hybridized carbons (Fsp3) is 0.200. The van der Waals surface area contributed by atoms with Crippen LogP contribution in [0.2, 0.25) is 10.0 Å². The second-order valence-electron chi connectivity index (χ2n) is 3.11. The number of ether oxygens (including phenoxy) is 1. The van der Waals surface area contributed by atoms with Crippen molar-refractivity contribution in [1.82, 2.24) is 0 Å². The van der Waals surface area contributed by atoms with Gasteiger partial charge in [0.25, 0.3) is 0 Å². The molecule has 0 saturated carbocycles. The maximum absolute atomic E-state index is 11.0. The molecule has 2 N–H and O–H groups in total. The van der Waals surface area contributed by atoms with Gasteiger partial charge in [-0.25, -0.2) is 4.79 Å². The van der Waals surface area contributed by atoms with Gasteiger partial charge in [0, 0.05) is 12.6 Å². The Morgan fingerprint density at radius 2 is 1.71 bits per heavy atom. The Morgan fingerprint density at radius 1 is 1.18 bits per heavy atom. The lowest BCUT2D eigenvalue weighted by Crippen LogP contribution is -2.12. The van der Waals surface area contributed by atoms with E-state index in [2.05, 4.69) is 15.4 Å². The van der Waals surface area contributed by atoms with Gasteiger partial charge in [0.05, 0.1) is 22.8 Å². The maximum Gasteiger partial charge on any atom is 0.411 e. The van der Waals surface area contributed by atoms with Gasteiger partial charge in [-0.2, -0.15) is 0 Å². The Hall–Kier alpha value is -1.46. The number of methoxy groups -OCH3 is 1. The van der Waals surface area contributed by atoms with E-state index in [9.17, 15) is 9.59 Å². The van der Waals surface area contributed by atoms with Gasteiger partial charge in [0.2, 0.25) is 5.91 Å². The summed E-state index contributed by atoms with van der Waals surface area (Å²) in [5.74, 6) is -0.289. The van der Waals surface area contributed by atoms with Crippen LogP contribution < -0.4 is 10.6 Å². The minimum atomic E-state index is -0.635. The van der Waals surface area contributed by atoms with Crippen molar-refractivity contribution < 1.29 is 14.3 Å². The quantitative estimate of drug-likeness (QED) is 0.872. The number of hydrogen-bond donors (Lipinski definition) is 2. The van der Waals surface area contributed by atoms with Gasteiger partial charge < -0.3 is 10.1 Å². The molecule has 0 heterocycles. The van der Waals surface area contributed by atoms with E-state index in [1.807, 2.05) is 0 Å². The predicted octanol–water partition coefficient (Wildman–Crippen LogP) is 3.13. The SMILES string of the molecule is COC(=O)Nc1cc(Cl)c(NC(C)=O)c(Cl)c1. The smallest absolute Gasteiger partial charge is 0.411 e. The van der Waals surface area contributed by atoms with Gasteiger partial charge in [-0.1, -0.05) is 23.2 Å². The normalized spacial score (nSPS) is 9.65. The average molecular weight is 277 g/mol. The lowest BCUT2D eigenvalue weighted by atomic mass is 10.2. The van der Waals surface area contributed by atoms with Crippen molar-refractivity contribution >= 4 is 46.6 Å². The number of benzene rings is 1. The summed E-state index contributed by atoms with van der Waals surface area (Å²) in [6.07, 6.45) is -0.635. The molecule has 0 fully saturated rings. The van der Waals surface area contributed by atoms with Crippen LogP contribution in [0.3, 0.4) is 0 Å². The largest absolute Gasteiger partial charge is 0.453 e. The number of halogens is 2. The Balaban J connectivity index is 3.00. The molecule has 0 saturated heterocycles. The molecule has 2 amide bonds. The van der Waals surface area contributed by atoms with Crippen molar-refractivity contribution in [3.63, 3.8) is 0 Å². The van der Waals surface area contributed by atoms with E-state index >= 15 is 0 Å². The molecule has 0 aliphatic carbocycles. The summed E-state index contributed by atoms with van der Waals surface area (Å²) < 4.78 is 4.42. The standard InChI is InChI=1S/C10H10Cl2N2O3/c1-5(15)13-9-7(11)3-6(4-8(9)12)14-10(16)17-2/h3-4H,1-2H3,(H,13,15)(H,14,16). The number of amides is 2. The molecule has 0 unspecified atom stereocenters. The lowest BCUT2D eigenvalue weighted by molar-refractivity contribution is -0.114. The van der Waals surface area contributed by atoms with Crippen molar-refractivity contribution in [1.29, 1.82) is 0 Å².